The monoisotopic (exact) mass is 308 g/mol. The highest BCUT2D eigenvalue weighted by atomic mass is 35.5. The van der Waals surface area contributed by atoms with Gasteiger partial charge in [-0.1, -0.05) is 35.9 Å². The Balaban J connectivity index is 2.37. The number of nitrogens with one attached hydrogen (secondary N) is 1. The second-order valence-electron chi connectivity index (χ2n) is 4.54. The van der Waals surface area contributed by atoms with Crippen LogP contribution in [-0.2, 0) is 9.47 Å². The quantitative estimate of drug-likeness (QED) is 0.839. The van der Waals surface area contributed by atoms with Crippen LogP contribution in [0.4, 0.5) is 4.79 Å². The highest BCUT2D eigenvalue weighted by Gasteiger charge is 2.27. The van der Waals surface area contributed by atoms with Gasteiger partial charge in [0.1, 0.15) is 5.82 Å². The molecule has 1 aliphatic rings. The highest BCUT2D eigenvalue weighted by Crippen LogP contribution is 2.35. The summed E-state index contributed by atoms with van der Waals surface area (Å²) in [6, 6.07) is 7.34. The van der Waals surface area contributed by atoms with Crippen LogP contribution in [0.2, 0.25) is 5.02 Å². The van der Waals surface area contributed by atoms with E-state index in [1.54, 1.807) is 13.0 Å². The third-order valence-corrected chi connectivity index (χ3v) is 3.34. The van der Waals surface area contributed by atoms with E-state index in [1.807, 2.05) is 31.2 Å². The van der Waals surface area contributed by atoms with Gasteiger partial charge in [0.2, 0.25) is 0 Å². The SMILES string of the molecule is CCOC(=O)OC1=C(N)NC(C)=CC1c1ccccc1Cl. The smallest absolute Gasteiger partial charge is 0.434 e. The van der Waals surface area contributed by atoms with Crippen LogP contribution in [-0.4, -0.2) is 12.8 Å². The molecular weight excluding hydrogens is 292 g/mol. The molecule has 0 fully saturated rings. The summed E-state index contributed by atoms with van der Waals surface area (Å²) >= 11 is 6.23. The number of nitrogens with two attached hydrogens (primary N) is 1. The van der Waals surface area contributed by atoms with Crippen molar-refractivity contribution in [1.82, 2.24) is 5.32 Å². The molecule has 0 bridgehead atoms. The van der Waals surface area contributed by atoms with Crippen molar-refractivity contribution in [3.8, 4) is 0 Å². The van der Waals surface area contributed by atoms with E-state index in [0.717, 1.165) is 11.3 Å². The number of benzene rings is 1. The van der Waals surface area contributed by atoms with Crippen LogP contribution in [0.5, 0.6) is 0 Å². The molecule has 6 heteroatoms. The van der Waals surface area contributed by atoms with Gasteiger partial charge in [0.15, 0.2) is 5.76 Å². The maximum absolute atomic E-state index is 11.6. The zero-order valence-electron chi connectivity index (χ0n) is 11.9. The van der Waals surface area contributed by atoms with Crippen LogP contribution in [0.1, 0.15) is 25.3 Å². The molecule has 1 aromatic carbocycles. The van der Waals surface area contributed by atoms with Crippen LogP contribution in [0.3, 0.4) is 0 Å². The number of carbonyl (C=O) groups is 1. The molecule has 3 N–H and O–H groups in total. The minimum atomic E-state index is -0.790. The molecule has 2 rings (SSSR count). The molecule has 0 aliphatic carbocycles. The van der Waals surface area contributed by atoms with Crippen molar-refractivity contribution in [2.45, 2.75) is 19.8 Å². The van der Waals surface area contributed by atoms with E-state index >= 15 is 0 Å². The summed E-state index contributed by atoms with van der Waals surface area (Å²) < 4.78 is 10.0. The summed E-state index contributed by atoms with van der Waals surface area (Å²) in [4.78, 5) is 11.6. The summed E-state index contributed by atoms with van der Waals surface area (Å²) in [5.74, 6) is 0.212. The zero-order valence-corrected chi connectivity index (χ0v) is 12.6. The Morgan fingerprint density at radius 1 is 1.43 bits per heavy atom. The number of hydrogen-bond donors (Lipinski definition) is 2. The van der Waals surface area contributed by atoms with E-state index in [1.165, 1.54) is 0 Å². The number of carbonyl (C=O) groups excluding carboxylic acids is 1. The summed E-state index contributed by atoms with van der Waals surface area (Å²) in [6.45, 7) is 3.80. The number of dihydropyridines is 1. The van der Waals surface area contributed by atoms with Crippen molar-refractivity contribution < 1.29 is 14.3 Å². The minimum absolute atomic E-state index is 0.227. The first-order valence-corrected chi connectivity index (χ1v) is 6.94. The van der Waals surface area contributed by atoms with E-state index < -0.39 is 6.16 Å². The Hall–Kier alpha value is -2.14. The van der Waals surface area contributed by atoms with Crippen molar-refractivity contribution in [1.29, 1.82) is 0 Å². The first-order chi connectivity index (χ1) is 10.0. The lowest BCUT2D eigenvalue weighted by Crippen LogP contribution is -2.29. The van der Waals surface area contributed by atoms with E-state index in [0.29, 0.717) is 5.02 Å². The Kier molecular flexibility index (Phi) is 4.75. The van der Waals surface area contributed by atoms with Crippen LogP contribution in [0.15, 0.2) is 47.6 Å². The van der Waals surface area contributed by atoms with E-state index in [-0.39, 0.29) is 24.1 Å². The Morgan fingerprint density at radius 2 is 2.14 bits per heavy atom. The van der Waals surface area contributed by atoms with Gasteiger partial charge in [-0.25, -0.2) is 4.79 Å². The van der Waals surface area contributed by atoms with Crippen LogP contribution < -0.4 is 11.1 Å². The third kappa shape index (κ3) is 3.49. The summed E-state index contributed by atoms with van der Waals surface area (Å²) in [6.07, 6.45) is 1.11. The standard InChI is InChI=1S/C15H17ClN2O3/c1-3-20-15(19)21-13-11(8-9(2)18-14(13)17)10-6-4-5-7-12(10)16/h4-8,11,18H,3,17H2,1-2H3. The Bertz CT molecular complexity index is 611. The van der Waals surface area contributed by atoms with Crippen molar-refractivity contribution in [3.63, 3.8) is 0 Å². The molecule has 1 aliphatic heterocycles. The van der Waals surface area contributed by atoms with Crippen LogP contribution in [0, 0.1) is 0 Å². The molecule has 0 saturated heterocycles. The van der Waals surface area contributed by atoms with Crippen LogP contribution >= 0.6 is 11.6 Å². The topological polar surface area (TPSA) is 73.6 Å². The lowest BCUT2D eigenvalue weighted by atomic mass is 9.93. The fourth-order valence-corrected chi connectivity index (χ4v) is 2.38. The molecule has 5 nitrogen and oxygen atoms in total. The third-order valence-electron chi connectivity index (χ3n) is 2.99. The second-order valence-corrected chi connectivity index (χ2v) is 4.94. The predicted octanol–water partition coefficient (Wildman–Crippen LogP) is 3.23. The molecule has 112 valence electrons. The molecule has 0 amide bonds. The van der Waals surface area contributed by atoms with Gasteiger partial charge >= 0.3 is 6.16 Å². The van der Waals surface area contributed by atoms with Gasteiger partial charge in [-0.3, -0.25) is 0 Å². The Labute approximate surface area is 128 Å². The fraction of sp³-hybridized carbons (Fsp3) is 0.267. The summed E-state index contributed by atoms with van der Waals surface area (Å²) in [7, 11) is 0. The number of ether oxygens (including phenoxy) is 2. The maximum atomic E-state index is 11.6. The first-order valence-electron chi connectivity index (χ1n) is 6.57. The average Bonchev–Trinajstić information content (AvgIpc) is 2.42. The Morgan fingerprint density at radius 3 is 2.81 bits per heavy atom. The van der Waals surface area contributed by atoms with Gasteiger partial charge < -0.3 is 20.5 Å². The fourth-order valence-electron chi connectivity index (χ4n) is 2.12. The second kappa shape index (κ2) is 6.54. The maximum Gasteiger partial charge on any atom is 0.513 e. The summed E-state index contributed by atoms with van der Waals surface area (Å²) in [5.41, 5.74) is 7.61. The zero-order chi connectivity index (χ0) is 15.4. The lowest BCUT2D eigenvalue weighted by Gasteiger charge is -2.25. The van der Waals surface area contributed by atoms with Crippen molar-refractivity contribution in [2.75, 3.05) is 6.61 Å². The highest BCUT2D eigenvalue weighted by molar-refractivity contribution is 6.31. The molecular formula is C15H17ClN2O3. The average molecular weight is 309 g/mol. The van der Waals surface area contributed by atoms with Gasteiger partial charge in [-0.05, 0) is 25.5 Å². The number of rotatable bonds is 3. The van der Waals surface area contributed by atoms with Crippen LogP contribution in [0.25, 0.3) is 0 Å². The first kappa shape index (κ1) is 15.3. The molecule has 1 atom stereocenters. The van der Waals surface area contributed by atoms with Gasteiger partial charge in [0.05, 0.1) is 12.5 Å². The molecule has 0 radical (unpaired) electrons. The van der Waals surface area contributed by atoms with E-state index in [2.05, 4.69) is 5.32 Å². The number of allylic oxidation sites excluding steroid dienone is 2. The van der Waals surface area contributed by atoms with E-state index in [4.69, 9.17) is 26.8 Å². The molecule has 1 heterocycles. The number of hydrogen-bond acceptors (Lipinski definition) is 5. The van der Waals surface area contributed by atoms with Gasteiger partial charge in [-0.15, -0.1) is 0 Å². The number of halogens is 1. The molecule has 1 aromatic rings. The normalized spacial score (nSPS) is 17.9. The molecule has 1 unspecified atom stereocenters. The lowest BCUT2D eigenvalue weighted by molar-refractivity contribution is 0.0773. The minimum Gasteiger partial charge on any atom is -0.434 e. The van der Waals surface area contributed by atoms with Gasteiger partial charge in [-0.2, -0.15) is 0 Å². The predicted molar refractivity (Wildman–Crippen MR) is 80.4 cm³/mol. The van der Waals surface area contributed by atoms with Crippen molar-refractivity contribution >= 4 is 17.8 Å². The van der Waals surface area contributed by atoms with Crippen molar-refractivity contribution in [2.24, 2.45) is 5.73 Å². The van der Waals surface area contributed by atoms with Gasteiger partial charge in [0.25, 0.3) is 0 Å². The van der Waals surface area contributed by atoms with Crippen molar-refractivity contribution in [3.05, 3.63) is 58.2 Å². The van der Waals surface area contributed by atoms with E-state index in [9.17, 15) is 4.79 Å². The molecule has 0 saturated carbocycles. The largest absolute Gasteiger partial charge is 0.513 e. The molecule has 21 heavy (non-hydrogen) atoms. The summed E-state index contributed by atoms with van der Waals surface area (Å²) in [5, 5.41) is 3.51. The molecule has 0 aromatic heterocycles. The van der Waals surface area contributed by atoms with Gasteiger partial charge in [0, 0.05) is 10.7 Å². The molecule has 0 spiro atoms.